The lowest BCUT2D eigenvalue weighted by molar-refractivity contribution is 0.102. The zero-order chi connectivity index (χ0) is 22.1. The Labute approximate surface area is 194 Å². The Balaban J connectivity index is 1.52. The van der Waals surface area contributed by atoms with Gasteiger partial charge in [-0.2, -0.15) is 5.10 Å². The first-order chi connectivity index (χ1) is 15.6. The highest BCUT2D eigenvalue weighted by atomic mass is 79.9. The largest absolute Gasteiger partial charge is 0.383 e. The summed E-state index contributed by atoms with van der Waals surface area (Å²) >= 11 is 3.64. The van der Waals surface area contributed by atoms with Crippen molar-refractivity contribution in [1.82, 2.24) is 20.1 Å². The second-order valence-corrected chi connectivity index (χ2v) is 8.76. The fourth-order valence-electron chi connectivity index (χ4n) is 4.17. The molecule has 5 rings (SSSR count). The summed E-state index contributed by atoms with van der Waals surface area (Å²) in [4.78, 5) is 17.0. The lowest BCUT2D eigenvalue weighted by Crippen LogP contribution is -2.32. The van der Waals surface area contributed by atoms with Gasteiger partial charge in [-0.15, -0.1) is 0 Å². The van der Waals surface area contributed by atoms with Gasteiger partial charge in [0, 0.05) is 29.6 Å². The third kappa shape index (κ3) is 3.87. The highest BCUT2D eigenvalue weighted by molar-refractivity contribution is 9.10. The molecule has 3 heterocycles. The Kier molecular flexibility index (Phi) is 5.63. The third-order valence-corrected chi connectivity index (χ3v) is 6.36. The van der Waals surface area contributed by atoms with Crippen LogP contribution in [0.1, 0.15) is 29.2 Å². The monoisotopic (exact) mass is 490 g/mol. The lowest BCUT2D eigenvalue weighted by atomic mass is 10.1. The molecule has 8 heteroatoms. The summed E-state index contributed by atoms with van der Waals surface area (Å²) < 4.78 is 2.93. The number of nitrogen functional groups attached to an aromatic ring is 1. The van der Waals surface area contributed by atoms with Gasteiger partial charge in [-0.1, -0.05) is 30.3 Å². The van der Waals surface area contributed by atoms with E-state index in [4.69, 9.17) is 10.8 Å². The second kappa shape index (κ2) is 8.72. The maximum atomic E-state index is 12.6. The van der Waals surface area contributed by atoms with Gasteiger partial charge in [0.25, 0.3) is 5.91 Å². The zero-order valence-corrected chi connectivity index (χ0v) is 19.0. The molecule has 0 spiro atoms. The normalized spacial score (nSPS) is 16.2. The summed E-state index contributed by atoms with van der Waals surface area (Å²) in [5.74, 6) is 0.287. The van der Waals surface area contributed by atoms with Crippen LogP contribution in [-0.4, -0.2) is 33.8 Å². The van der Waals surface area contributed by atoms with E-state index in [0.717, 1.165) is 58.3 Å². The number of fused-ring (bicyclic) bond motifs is 1. The number of rotatable bonds is 4. The number of amides is 1. The maximum Gasteiger partial charge on any atom is 0.255 e. The number of benzene rings is 2. The Hall–Kier alpha value is -3.23. The van der Waals surface area contributed by atoms with Crippen LogP contribution in [0.4, 0.5) is 11.5 Å². The first kappa shape index (κ1) is 20.7. The summed E-state index contributed by atoms with van der Waals surface area (Å²) in [6, 6.07) is 17.1. The number of hydrogen-bond donors (Lipinski definition) is 3. The number of pyridine rings is 1. The van der Waals surface area contributed by atoms with Gasteiger partial charge >= 0.3 is 0 Å². The van der Waals surface area contributed by atoms with E-state index in [1.54, 1.807) is 6.20 Å². The molecule has 4 N–H and O–H groups in total. The van der Waals surface area contributed by atoms with E-state index in [9.17, 15) is 4.79 Å². The molecule has 1 aliphatic rings. The number of nitrogens with two attached hydrogens (primary N) is 1. The number of piperidine rings is 1. The van der Waals surface area contributed by atoms with Gasteiger partial charge in [-0.05, 0) is 59.6 Å². The predicted molar refractivity (Wildman–Crippen MR) is 131 cm³/mol. The van der Waals surface area contributed by atoms with E-state index in [1.807, 2.05) is 54.6 Å². The van der Waals surface area contributed by atoms with Gasteiger partial charge < -0.3 is 16.4 Å². The minimum Gasteiger partial charge on any atom is -0.383 e. The summed E-state index contributed by atoms with van der Waals surface area (Å²) in [6.45, 7) is 1.89. The van der Waals surface area contributed by atoms with Crippen molar-refractivity contribution in [3.8, 4) is 11.3 Å². The number of para-hydroxylation sites is 1. The first-order valence-electron chi connectivity index (χ1n) is 10.6. The predicted octanol–water partition coefficient (Wildman–Crippen LogP) is 4.62. The van der Waals surface area contributed by atoms with Crippen LogP contribution in [0.15, 0.2) is 65.3 Å². The van der Waals surface area contributed by atoms with Gasteiger partial charge in [-0.3, -0.25) is 9.48 Å². The van der Waals surface area contributed by atoms with Crippen molar-refractivity contribution >= 4 is 44.2 Å². The number of anilines is 2. The smallest absolute Gasteiger partial charge is 0.255 e. The molecule has 32 heavy (non-hydrogen) atoms. The van der Waals surface area contributed by atoms with Crippen LogP contribution < -0.4 is 16.4 Å². The minimum absolute atomic E-state index is 0.157. The van der Waals surface area contributed by atoms with Crippen LogP contribution in [0.25, 0.3) is 22.2 Å². The number of aromatic nitrogens is 3. The summed E-state index contributed by atoms with van der Waals surface area (Å²) in [5, 5.41) is 12.2. The maximum absolute atomic E-state index is 12.6. The van der Waals surface area contributed by atoms with Crippen molar-refractivity contribution in [1.29, 1.82) is 0 Å². The van der Waals surface area contributed by atoms with Crippen LogP contribution in [-0.2, 0) is 0 Å². The molecule has 0 radical (unpaired) electrons. The van der Waals surface area contributed by atoms with Crippen LogP contribution in [0.2, 0.25) is 0 Å². The number of halogens is 1. The molecule has 4 aromatic rings. The number of nitrogens with zero attached hydrogens (tertiary/aromatic N) is 3. The van der Waals surface area contributed by atoms with E-state index in [2.05, 4.69) is 36.2 Å². The fourth-order valence-corrected chi connectivity index (χ4v) is 4.65. The van der Waals surface area contributed by atoms with Crippen LogP contribution in [0.3, 0.4) is 0 Å². The molecule has 0 aliphatic carbocycles. The number of nitrogens with one attached hydrogen (secondary N) is 2. The van der Waals surface area contributed by atoms with E-state index in [-0.39, 0.29) is 11.9 Å². The quantitative estimate of drug-likeness (QED) is 0.387. The molecular formula is C24H23BrN6O. The molecule has 2 aromatic heterocycles. The average Bonchev–Trinajstić information content (AvgIpc) is 3.25. The number of carbonyl (C=O) groups is 1. The Morgan fingerprint density at radius 1 is 1.16 bits per heavy atom. The molecule has 1 saturated heterocycles. The van der Waals surface area contributed by atoms with Crippen molar-refractivity contribution in [3.63, 3.8) is 0 Å². The van der Waals surface area contributed by atoms with Gasteiger partial charge in [-0.25, -0.2) is 4.98 Å². The molecule has 0 bridgehead atoms. The van der Waals surface area contributed by atoms with Crippen LogP contribution in [0.5, 0.6) is 0 Å². The highest BCUT2D eigenvalue weighted by Crippen LogP contribution is 2.37. The van der Waals surface area contributed by atoms with Crippen molar-refractivity contribution in [3.05, 3.63) is 70.8 Å². The third-order valence-electron chi connectivity index (χ3n) is 5.78. The minimum atomic E-state index is -0.157. The number of hydrogen-bond acceptors (Lipinski definition) is 5. The molecule has 1 fully saturated rings. The molecule has 2 aromatic carbocycles. The van der Waals surface area contributed by atoms with Crippen molar-refractivity contribution < 1.29 is 4.79 Å². The Morgan fingerprint density at radius 3 is 2.66 bits per heavy atom. The van der Waals surface area contributed by atoms with Crippen molar-refractivity contribution in [2.45, 2.75) is 18.9 Å². The Bertz CT molecular complexity index is 1260. The molecule has 162 valence electrons. The fraction of sp³-hybridized carbons (Fsp3) is 0.208. The molecule has 7 nitrogen and oxygen atoms in total. The molecule has 1 atom stereocenters. The van der Waals surface area contributed by atoms with Gasteiger partial charge in [0.15, 0.2) is 0 Å². The zero-order valence-electron chi connectivity index (χ0n) is 17.4. The van der Waals surface area contributed by atoms with Gasteiger partial charge in [0.05, 0.1) is 21.4 Å². The van der Waals surface area contributed by atoms with E-state index < -0.39 is 0 Å². The van der Waals surface area contributed by atoms with Crippen LogP contribution in [0, 0.1) is 0 Å². The van der Waals surface area contributed by atoms with E-state index in [0.29, 0.717) is 11.4 Å². The van der Waals surface area contributed by atoms with Crippen molar-refractivity contribution in [2.75, 3.05) is 24.1 Å². The standard InChI is InChI=1S/C24H23BrN6O/c25-19-14-28-23(26)20-21(30-31(22(19)20)18-7-4-12-27-13-18)15-8-10-16(11-9-15)24(32)29-17-5-2-1-3-6-17/h1-3,5-6,8-11,14,18,27H,4,7,12-13H2,(H2,26,28)(H,29,32). The second-order valence-electron chi connectivity index (χ2n) is 7.91. The molecule has 1 aliphatic heterocycles. The topological polar surface area (TPSA) is 97.9 Å². The summed E-state index contributed by atoms with van der Waals surface area (Å²) in [6.07, 6.45) is 3.88. The van der Waals surface area contributed by atoms with Crippen molar-refractivity contribution in [2.24, 2.45) is 0 Å². The lowest BCUT2D eigenvalue weighted by Gasteiger charge is -2.24. The van der Waals surface area contributed by atoms with E-state index >= 15 is 0 Å². The summed E-state index contributed by atoms with van der Waals surface area (Å²) in [7, 11) is 0. The molecule has 1 unspecified atom stereocenters. The molecule has 1 amide bonds. The van der Waals surface area contributed by atoms with Gasteiger partial charge in [0.2, 0.25) is 0 Å². The highest BCUT2D eigenvalue weighted by Gasteiger charge is 2.24. The summed E-state index contributed by atoms with van der Waals surface area (Å²) in [5.41, 5.74) is 10.3. The Morgan fingerprint density at radius 2 is 1.94 bits per heavy atom. The number of carbonyl (C=O) groups excluding carboxylic acids is 1. The average molecular weight is 491 g/mol. The van der Waals surface area contributed by atoms with E-state index in [1.165, 1.54) is 0 Å². The molecular weight excluding hydrogens is 468 g/mol. The first-order valence-corrected chi connectivity index (χ1v) is 11.4. The SMILES string of the molecule is Nc1ncc(Br)c2c1c(-c1ccc(C(=O)Nc3ccccc3)cc1)nn2C1CCCNC1. The molecule has 0 saturated carbocycles. The van der Waals surface area contributed by atoms with Gasteiger partial charge in [0.1, 0.15) is 11.5 Å². The van der Waals surface area contributed by atoms with Crippen LogP contribution >= 0.6 is 15.9 Å².